The van der Waals surface area contributed by atoms with Crippen LogP contribution in [0.25, 0.3) is 0 Å². The van der Waals surface area contributed by atoms with E-state index in [2.05, 4.69) is 5.10 Å². The summed E-state index contributed by atoms with van der Waals surface area (Å²) in [6, 6.07) is 7.12. The molecule has 0 saturated carbocycles. The van der Waals surface area contributed by atoms with Crippen LogP contribution in [0.1, 0.15) is 24.9 Å². The van der Waals surface area contributed by atoms with Gasteiger partial charge < -0.3 is 19.3 Å². The molecule has 0 bridgehead atoms. The molecule has 2 aliphatic rings. The highest BCUT2D eigenvalue weighted by Gasteiger charge is 2.31. The van der Waals surface area contributed by atoms with Gasteiger partial charge in [-0.25, -0.2) is 0 Å². The van der Waals surface area contributed by atoms with Gasteiger partial charge in [-0.05, 0) is 30.2 Å². The lowest BCUT2D eigenvalue weighted by Crippen LogP contribution is -2.53. The van der Waals surface area contributed by atoms with Gasteiger partial charge in [0.2, 0.25) is 18.6 Å². The summed E-state index contributed by atoms with van der Waals surface area (Å²) in [5.41, 5.74) is 0.982. The summed E-state index contributed by atoms with van der Waals surface area (Å²) < 4.78 is 12.4. The third-order valence-electron chi connectivity index (χ3n) is 4.96. The molecule has 1 saturated heterocycles. The van der Waals surface area contributed by atoms with Gasteiger partial charge in [0.15, 0.2) is 11.5 Å². The summed E-state index contributed by atoms with van der Waals surface area (Å²) in [5, 5.41) is 4.17. The van der Waals surface area contributed by atoms with Crippen LogP contribution in [-0.4, -0.2) is 57.8 Å². The van der Waals surface area contributed by atoms with Crippen molar-refractivity contribution in [2.24, 2.45) is 0 Å². The zero-order valence-corrected chi connectivity index (χ0v) is 15.2. The van der Waals surface area contributed by atoms with Crippen LogP contribution in [0.4, 0.5) is 0 Å². The number of nitrogens with zero attached hydrogens (tertiary/aromatic N) is 4. The molecule has 0 spiro atoms. The molecule has 8 nitrogen and oxygen atoms in total. The van der Waals surface area contributed by atoms with Gasteiger partial charge >= 0.3 is 0 Å². The zero-order chi connectivity index (χ0) is 18.8. The molecule has 0 N–H and O–H groups in total. The monoisotopic (exact) mass is 370 g/mol. The fourth-order valence-electron chi connectivity index (χ4n) is 3.47. The van der Waals surface area contributed by atoms with Gasteiger partial charge in [0.25, 0.3) is 0 Å². The molecule has 1 aromatic heterocycles. The van der Waals surface area contributed by atoms with E-state index in [1.807, 2.05) is 25.1 Å². The molecule has 142 valence electrons. The third-order valence-corrected chi connectivity index (χ3v) is 4.96. The van der Waals surface area contributed by atoms with Crippen molar-refractivity contribution in [1.29, 1.82) is 0 Å². The Morgan fingerprint density at radius 1 is 1.26 bits per heavy atom. The molecule has 8 heteroatoms. The van der Waals surface area contributed by atoms with Gasteiger partial charge in [-0.1, -0.05) is 13.0 Å². The number of rotatable bonds is 5. The second-order valence-corrected chi connectivity index (χ2v) is 6.67. The van der Waals surface area contributed by atoms with E-state index in [0.29, 0.717) is 31.8 Å². The van der Waals surface area contributed by atoms with Crippen molar-refractivity contribution in [2.45, 2.75) is 25.9 Å². The number of carbonyl (C=O) groups excluding carboxylic acids is 2. The molecule has 1 unspecified atom stereocenters. The van der Waals surface area contributed by atoms with Gasteiger partial charge in [-0.3, -0.25) is 14.3 Å². The second-order valence-electron chi connectivity index (χ2n) is 6.67. The van der Waals surface area contributed by atoms with Crippen molar-refractivity contribution >= 4 is 11.8 Å². The van der Waals surface area contributed by atoms with Crippen LogP contribution in [-0.2, 0) is 16.1 Å². The summed E-state index contributed by atoms with van der Waals surface area (Å²) in [7, 11) is 0. The highest BCUT2D eigenvalue weighted by molar-refractivity contribution is 5.87. The first kappa shape index (κ1) is 17.4. The Balaban J connectivity index is 1.39. The van der Waals surface area contributed by atoms with E-state index >= 15 is 0 Å². The number of hydrogen-bond acceptors (Lipinski definition) is 5. The minimum atomic E-state index is -0.367. The molecular weight excluding hydrogens is 348 g/mol. The van der Waals surface area contributed by atoms with Crippen molar-refractivity contribution in [2.75, 3.05) is 26.4 Å². The highest BCUT2D eigenvalue weighted by atomic mass is 16.7. The minimum absolute atomic E-state index is 0.0532. The average Bonchev–Trinajstić information content (AvgIpc) is 3.35. The van der Waals surface area contributed by atoms with Gasteiger partial charge in [-0.15, -0.1) is 0 Å². The largest absolute Gasteiger partial charge is 0.454 e. The summed E-state index contributed by atoms with van der Waals surface area (Å²) in [4.78, 5) is 28.8. The van der Waals surface area contributed by atoms with Gasteiger partial charge in [0.1, 0.15) is 6.04 Å². The Morgan fingerprint density at radius 3 is 2.85 bits per heavy atom. The molecule has 2 aliphatic heterocycles. The number of amides is 2. The molecule has 0 radical (unpaired) electrons. The molecule has 3 heterocycles. The fraction of sp³-hybridized carbons (Fsp3) is 0.421. The SMILES string of the molecule is CCC(C(=O)N1CCN(Cc2ccc3c(c2)OCO3)C(=O)C1)n1cccn1. The van der Waals surface area contributed by atoms with Crippen LogP contribution in [0.3, 0.4) is 0 Å². The molecule has 1 atom stereocenters. The van der Waals surface area contributed by atoms with Crippen LogP contribution in [0, 0.1) is 0 Å². The van der Waals surface area contributed by atoms with E-state index in [0.717, 1.165) is 11.3 Å². The molecule has 1 aromatic carbocycles. The Bertz CT molecular complexity index is 836. The fourth-order valence-corrected chi connectivity index (χ4v) is 3.47. The van der Waals surface area contributed by atoms with Crippen molar-refractivity contribution in [3.63, 3.8) is 0 Å². The first-order valence-electron chi connectivity index (χ1n) is 9.10. The summed E-state index contributed by atoms with van der Waals surface area (Å²) in [6.07, 6.45) is 4.07. The number of carbonyl (C=O) groups is 2. The standard InChI is InChI=1S/C19H22N4O4/c1-2-15(23-7-3-6-20-23)19(25)22-9-8-21(18(24)12-22)11-14-4-5-16-17(10-14)27-13-26-16/h3-7,10,15H,2,8-9,11-13H2,1H3. The average molecular weight is 370 g/mol. The lowest BCUT2D eigenvalue weighted by atomic mass is 10.1. The van der Waals surface area contributed by atoms with Crippen molar-refractivity contribution in [1.82, 2.24) is 19.6 Å². The van der Waals surface area contributed by atoms with Gasteiger partial charge in [-0.2, -0.15) is 5.10 Å². The van der Waals surface area contributed by atoms with Gasteiger partial charge in [0.05, 0.1) is 6.54 Å². The third kappa shape index (κ3) is 3.47. The van der Waals surface area contributed by atoms with Crippen LogP contribution in [0.15, 0.2) is 36.7 Å². The molecule has 2 amide bonds. The number of benzene rings is 1. The van der Waals surface area contributed by atoms with Crippen LogP contribution >= 0.6 is 0 Å². The van der Waals surface area contributed by atoms with Crippen LogP contribution in [0.5, 0.6) is 11.5 Å². The quantitative estimate of drug-likeness (QED) is 0.796. The number of aromatic nitrogens is 2. The Labute approximate surface area is 157 Å². The predicted octanol–water partition coefficient (Wildman–Crippen LogP) is 1.43. The van der Waals surface area contributed by atoms with E-state index in [4.69, 9.17) is 9.47 Å². The number of fused-ring (bicyclic) bond motifs is 1. The second kappa shape index (κ2) is 7.30. The van der Waals surface area contributed by atoms with Gasteiger partial charge in [0, 0.05) is 32.0 Å². The predicted molar refractivity (Wildman–Crippen MR) is 96.1 cm³/mol. The summed E-state index contributed by atoms with van der Waals surface area (Å²) in [6.45, 7) is 3.80. The maximum atomic E-state index is 12.8. The van der Waals surface area contributed by atoms with E-state index < -0.39 is 0 Å². The van der Waals surface area contributed by atoms with E-state index in [-0.39, 0.29) is 31.2 Å². The van der Waals surface area contributed by atoms with Crippen LogP contribution in [0.2, 0.25) is 0 Å². The van der Waals surface area contributed by atoms with E-state index in [1.165, 1.54) is 0 Å². The highest BCUT2D eigenvalue weighted by Crippen LogP contribution is 2.33. The van der Waals surface area contributed by atoms with Crippen LogP contribution < -0.4 is 9.47 Å². The molecule has 2 aromatic rings. The molecule has 27 heavy (non-hydrogen) atoms. The first-order chi connectivity index (χ1) is 13.2. The first-order valence-corrected chi connectivity index (χ1v) is 9.10. The maximum absolute atomic E-state index is 12.8. The Kier molecular flexibility index (Phi) is 4.70. The summed E-state index contributed by atoms with van der Waals surface area (Å²) >= 11 is 0. The Hall–Kier alpha value is -3.03. The molecule has 1 fully saturated rings. The topological polar surface area (TPSA) is 76.9 Å². The Morgan fingerprint density at radius 2 is 2.11 bits per heavy atom. The zero-order valence-electron chi connectivity index (χ0n) is 15.2. The van der Waals surface area contributed by atoms with E-state index in [1.54, 1.807) is 32.9 Å². The normalized spacial score (nSPS) is 17.3. The van der Waals surface area contributed by atoms with E-state index in [9.17, 15) is 9.59 Å². The van der Waals surface area contributed by atoms with Crippen molar-refractivity contribution in [3.05, 3.63) is 42.2 Å². The number of hydrogen-bond donors (Lipinski definition) is 0. The smallest absolute Gasteiger partial charge is 0.247 e. The lowest BCUT2D eigenvalue weighted by Gasteiger charge is -2.36. The number of piperazine rings is 1. The van der Waals surface area contributed by atoms with Crippen molar-refractivity contribution < 1.29 is 19.1 Å². The number of ether oxygens (including phenoxy) is 2. The minimum Gasteiger partial charge on any atom is -0.454 e. The molecule has 4 rings (SSSR count). The molecular formula is C19H22N4O4. The summed E-state index contributed by atoms with van der Waals surface area (Å²) in [5.74, 6) is 1.32. The molecule has 0 aliphatic carbocycles. The maximum Gasteiger partial charge on any atom is 0.247 e. The van der Waals surface area contributed by atoms with Crippen molar-refractivity contribution in [3.8, 4) is 11.5 Å². The lowest BCUT2D eigenvalue weighted by molar-refractivity contribution is -0.147.